The van der Waals surface area contributed by atoms with Crippen LogP contribution in [0.5, 0.6) is 0 Å². The second-order valence-electron chi connectivity index (χ2n) is 5.93. The van der Waals surface area contributed by atoms with Crippen LogP contribution >= 0.6 is 0 Å². The summed E-state index contributed by atoms with van der Waals surface area (Å²) in [6.45, 7) is 1.59. The smallest absolute Gasteiger partial charge is 0.251 e. The number of likely N-dealkylation sites (N-methyl/N-ethyl adjacent to an activating group) is 1. The molecular formula is C20H23N3O3. The van der Waals surface area contributed by atoms with E-state index in [0.717, 1.165) is 5.56 Å². The SMILES string of the molecule is CNC(=O)[C@H](C)NC(=O)[C@H](Cc1ccccc1)NC(=O)c1ccccc1. The van der Waals surface area contributed by atoms with E-state index >= 15 is 0 Å². The minimum atomic E-state index is -0.794. The molecule has 26 heavy (non-hydrogen) atoms. The summed E-state index contributed by atoms with van der Waals surface area (Å²) >= 11 is 0. The Hall–Kier alpha value is -3.15. The second kappa shape index (κ2) is 9.36. The Morgan fingerprint density at radius 2 is 1.42 bits per heavy atom. The van der Waals surface area contributed by atoms with Crippen molar-refractivity contribution < 1.29 is 14.4 Å². The summed E-state index contributed by atoms with van der Waals surface area (Å²) in [5.74, 6) is -1.05. The van der Waals surface area contributed by atoms with Gasteiger partial charge in [-0.25, -0.2) is 0 Å². The van der Waals surface area contributed by atoms with Crippen molar-refractivity contribution in [3.05, 3.63) is 71.8 Å². The van der Waals surface area contributed by atoms with Gasteiger partial charge in [0.25, 0.3) is 5.91 Å². The first-order valence-electron chi connectivity index (χ1n) is 8.43. The molecule has 3 N–H and O–H groups in total. The van der Waals surface area contributed by atoms with Crippen LogP contribution in [0.4, 0.5) is 0 Å². The van der Waals surface area contributed by atoms with Crippen molar-refractivity contribution in [2.75, 3.05) is 7.05 Å². The van der Waals surface area contributed by atoms with Gasteiger partial charge in [0.1, 0.15) is 12.1 Å². The molecule has 2 aromatic carbocycles. The summed E-state index contributed by atoms with van der Waals surface area (Å²) in [5.41, 5.74) is 1.38. The lowest BCUT2D eigenvalue weighted by atomic mass is 10.0. The highest BCUT2D eigenvalue weighted by atomic mass is 16.2. The topological polar surface area (TPSA) is 87.3 Å². The molecule has 0 spiro atoms. The van der Waals surface area contributed by atoms with Crippen molar-refractivity contribution in [2.45, 2.75) is 25.4 Å². The zero-order valence-corrected chi connectivity index (χ0v) is 14.9. The van der Waals surface area contributed by atoms with E-state index in [0.29, 0.717) is 12.0 Å². The van der Waals surface area contributed by atoms with Crippen LogP contribution in [0, 0.1) is 0 Å². The zero-order chi connectivity index (χ0) is 18.9. The number of carbonyl (C=O) groups excluding carboxylic acids is 3. The van der Waals surface area contributed by atoms with Gasteiger partial charge in [-0.05, 0) is 24.6 Å². The highest BCUT2D eigenvalue weighted by Gasteiger charge is 2.24. The van der Waals surface area contributed by atoms with Gasteiger partial charge in [-0.15, -0.1) is 0 Å². The molecule has 0 heterocycles. The molecule has 2 atom stereocenters. The van der Waals surface area contributed by atoms with Gasteiger partial charge in [-0.1, -0.05) is 48.5 Å². The van der Waals surface area contributed by atoms with Crippen LogP contribution in [-0.4, -0.2) is 36.9 Å². The molecule has 0 saturated heterocycles. The van der Waals surface area contributed by atoms with Crippen LogP contribution in [0.3, 0.4) is 0 Å². The molecule has 0 aliphatic carbocycles. The molecule has 6 heteroatoms. The fourth-order valence-electron chi connectivity index (χ4n) is 2.49. The van der Waals surface area contributed by atoms with Gasteiger partial charge in [0.2, 0.25) is 11.8 Å². The predicted octanol–water partition coefficient (Wildman–Crippen LogP) is 1.28. The minimum absolute atomic E-state index is 0.300. The number of nitrogens with one attached hydrogen (secondary N) is 3. The Morgan fingerprint density at radius 3 is 2.00 bits per heavy atom. The van der Waals surface area contributed by atoms with Crippen LogP contribution in [0.1, 0.15) is 22.8 Å². The molecule has 0 aliphatic heterocycles. The number of benzene rings is 2. The molecular weight excluding hydrogens is 330 g/mol. The number of hydrogen-bond acceptors (Lipinski definition) is 3. The molecule has 2 aromatic rings. The van der Waals surface area contributed by atoms with Crippen molar-refractivity contribution in [2.24, 2.45) is 0 Å². The number of carbonyl (C=O) groups is 3. The van der Waals surface area contributed by atoms with E-state index in [9.17, 15) is 14.4 Å². The minimum Gasteiger partial charge on any atom is -0.357 e. The summed E-state index contributed by atoms with van der Waals surface area (Å²) < 4.78 is 0. The first kappa shape index (κ1) is 19.2. The van der Waals surface area contributed by atoms with Gasteiger partial charge < -0.3 is 16.0 Å². The molecule has 0 aliphatic rings. The van der Waals surface area contributed by atoms with Gasteiger partial charge in [0.15, 0.2) is 0 Å². The molecule has 0 unspecified atom stereocenters. The Morgan fingerprint density at radius 1 is 0.846 bits per heavy atom. The Kier molecular flexibility index (Phi) is 6.91. The first-order valence-corrected chi connectivity index (χ1v) is 8.43. The quantitative estimate of drug-likeness (QED) is 0.701. The van der Waals surface area contributed by atoms with Crippen molar-refractivity contribution in [1.82, 2.24) is 16.0 Å². The molecule has 0 radical (unpaired) electrons. The average molecular weight is 353 g/mol. The highest BCUT2D eigenvalue weighted by molar-refractivity contribution is 5.98. The molecule has 0 aromatic heterocycles. The normalized spacial score (nSPS) is 12.5. The van der Waals surface area contributed by atoms with E-state index in [-0.39, 0.29) is 11.8 Å². The lowest BCUT2D eigenvalue weighted by molar-refractivity contribution is -0.129. The van der Waals surface area contributed by atoms with Crippen molar-refractivity contribution in [3.63, 3.8) is 0 Å². The summed E-state index contributed by atoms with van der Waals surface area (Å²) in [4.78, 5) is 36.8. The van der Waals surface area contributed by atoms with Crippen molar-refractivity contribution in [3.8, 4) is 0 Å². The van der Waals surface area contributed by atoms with E-state index in [1.54, 1.807) is 31.2 Å². The monoisotopic (exact) mass is 353 g/mol. The summed E-state index contributed by atoms with van der Waals surface area (Å²) in [6, 6.07) is 16.6. The first-order chi connectivity index (χ1) is 12.5. The summed E-state index contributed by atoms with van der Waals surface area (Å²) in [6.07, 6.45) is 0.325. The predicted molar refractivity (Wildman–Crippen MR) is 99.5 cm³/mol. The number of hydrogen-bond donors (Lipinski definition) is 3. The maximum Gasteiger partial charge on any atom is 0.251 e. The number of amides is 3. The summed E-state index contributed by atoms with van der Waals surface area (Å²) in [7, 11) is 1.50. The third-order valence-electron chi connectivity index (χ3n) is 3.94. The number of rotatable bonds is 7. The van der Waals surface area contributed by atoms with Crippen LogP contribution < -0.4 is 16.0 Å². The standard InChI is InChI=1S/C20H23N3O3/c1-14(18(24)21-2)22-20(26)17(13-15-9-5-3-6-10-15)23-19(25)16-11-7-4-8-12-16/h3-12,14,17H,13H2,1-2H3,(H,21,24)(H,22,26)(H,23,25)/t14-,17-/m0/s1. The van der Waals surface area contributed by atoms with Crippen LogP contribution in [0.15, 0.2) is 60.7 Å². The maximum atomic E-state index is 12.6. The molecule has 3 amide bonds. The Labute approximate surface area is 153 Å². The molecule has 2 rings (SSSR count). The third kappa shape index (κ3) is 5.44. The van der Waals surface area contributed by atoms with E-state index in [1.807, 2.05) is 36.4 Å². The molecule has 136 valence electrons. The van der Waals surface area contributed by atoms with Gasteiger partial charge in [-0.2, -0.15) is 0 Å². The maximum absolute atomic E-state index is 12.6. The van der Waals surface area contributed by atoms with Gasteiger partial charge >= 0.3 is 0 Å². The fourth-order valence-corrected chi connectivity index (χ4v) is 2.49. The van der Waals surface area contributed by atoms with Gasteiger partial charge in [-0.3, -0.25) is 14.4 Å². The third-order valence-corrected chi connectivity index (χ3v) is 3.94. The van der Waals surface area contributed by atoms with Crippen molar-refractivity contribution >= 4 is 17.7 Å². The lowest BCUT2D eigenvalue weighted by Gasteiger charge is -2.21. The zero-order valence-electron chi connectivity index (χ0n) is 14.9. The van der Waals surface area contributed by atoms with E-state index in [4.69, 9.17) is 0 Å². The Bertz CT molecular complexity index is 747. The van der Waals surface area contributed by atoms with Crippen LogP contribution in [-0.2, 0) is 16.0 Å². The molecule has 0 bridgehead atoms. The van der Waals surface area contributed by atoms with Crippen LogP contribution in [0.25, 0.3) is 0 Å². The van der Waals surface area contributed by atoms with Gasteiger partial charge in [0, 0.05) is 19.0 Å². The molecule has 0 saturated carbocycles. The van der Waals surface area contributed by atoms with Crippen LogP contribution in [0.2, 0.25) is 0 Å². The largest absolute Gasteiger partial charge is 0.357 e. The van der Waals surface area contributed by atoms with E-state index < -0.39 is 18.0 Å². The van der Waals surface area contributed by atoms with Crippen molar-refractivity contribution in [1.29, 1.82) is 0 Å². The average Bonchev–Trinajstić information content (AvgIpc) is 2.68. The fraction of sp³-hybridized carbons (Fsp3) is 0.250. The summed E-state index contributed by atoms with van der Waals surface area (Å²) in [5, 5.41) is 7.89. The van der Waals surface area contributed by atoms with Gasteiger partial charge in [0.05, 0.1) is 0 Å². The second-order valence-corrected chi connectivity index (χ2v) is 5.93. The molecule has 6 nitrogen and oxygen atoms in total. The van der Waals surface area contributed by atoms with E-state index in [2.05, 4.69) is 16.0 Å². The lowest BCUT2D eigenvalue weighted by Crippen LogP contribution is -2.53. The highest BCUT2D eigenvalue weighted by Crippen LogP contribution is 2.06. The molecule has 0 fully saturated rings. The Balaban J connectivity index is 2.14. The van der Waals surface area contributed by atoms with E-state index in [1.165, 1.54) is 7.05 Å².